The van der Waals surface area contributed by atoms with Gasteiger partial charge < -0.3 is 4.42 Å². The molecule has 2 heterocycles. The lowest BCUT2D eigenvalue weighted by Gasteiger charge is -2.14. The van der Waals surface area contributed by atoms with Gasteiger partial charge in [0.1, 0.15) is 0 Å². The molecule has 0 unspecified atom stereocenters. The highest BCUT2D eigenvalue weighted by molar-refractivity contribution is 6.00. The van der Waals surface area contributed by atoms with Crippen LogP contribution in [0.3, 0.4) is 0 Å². The van der Waals surface area contributed by atoms with Gasteiger partial charge in [-0.25, -0.2) is 9.97 Å². The molecule has 0 saturated heterocycles. The van der Waals surface area contributed by atoms with Gasteiger partial charge in [-0.3, -0.25) is 0 Å². The number of nitriles is 1. The molecule has 0 saturated carbocycles. The zero-order chi connectivity index (χ0) is 35.6. The number of hydrogen-bond donors (Lipinski definition) is 0. The predicted molar refractivity (Wildman–Crippen MR) is 210 cm³/mol. The first-order chi connectivity index (χ1) is 26.2. The summed E-state index contributed by atoms with van der Waals surface area (Å²) in [5, 5.41) is 20.4. The molecule has 6 heteroatoms. The quantitative estimate of drug-likeness (QED) is 0.167. The molecule has 2 aromatic heterocycles. The first kappa shape index (κ1) is 31.5. The molecule has 0 fully saturated rings. The first-order valence-electron chi connectivity index (χ1n) is 17.3. The SMILES string of the molecule is N#Cc1ccc(-c2cccc(-c3nc(-c4ccccc4)ncc3-c3cc(-c4nnc(-c5ccc(-c6ccccc6)cc5)o4)c4ccccc4c3)c2)cc1. The summed E-state index contributed by atoms with van der Waals surface area (Å²) in [4.78, 5) is 10.1. The van der Waals surface area contributed by atoms with Crippen molar-refractivity contribution in [2.45, 2.75) is 0 Å². The number of aromatic nitrogens is 4. The van der Waals surface area contributed by atoms with E-state index in [0.717, 1.165) is 72.1 Å². The molecule has 9 rings (SSSR count). The van der Waals surface area contributed by atoms with Crippen LogP contribution in [0.2, 0.25) is 0 Å². The average molecular weight is 680 g/mol. The summed E-state index contributed by atoms with van der Waals surface area (Å²) in [6.07, 6.45) is 1.90. The van der Waals surface area contributed by atoms with Gasteiger partial charge in [0.15, 0.2) is 5.82 Å². The molecule has 0 aliphatic carbocycles. The second kappa shape index (κ2) is 13.7. The number of benzene rings is 7. The summed E-state index contributed by atoms with van der Waals surface area (Å²) in [6, 6.07) is 59.0. The van der Waals surface area contributed by atoms with Crippen molar-refractivity contribution in [1.29, 1.82) is 5.26 Å². The smallest absolute Gasteiger partial charge is 0.248 e. The monoisotopic (exact) mass is 679 g/mol. The fraction of sp³-hybridized carbons (Fsp3) is 0. The van der Waals surface area contributed by atoms with E-state index in [-0.39, 0.29) is 0 Å². The van der Waals surface area contributed by atoms with E-state index in [0.29, 0.717) is 23.2 Å². The van der Waals surface area contributed by atoms with E-state index < -0.39 is 0 Å². The van der Waals surface area contributed by atoms with Crippen molar-refractivity contribution in [2.75, 3.05) is 0 Å². The molecule has 0 amide bonds. The Labute approximate surface area is 306 Å². The lowest BCUT2D eigenvalue weighted by molar-refractivity contribution is 0.585. The highest BCUT2D eigenvalue weighted by Gasteiger charge is 2.19. The molecule has 0 bridgehead atoms. The molecular formula is C47H29N5O. The summed E-state index contributed by atoms with van der Waals surface area (Å²) >= 11 is 0. The third kappa shape index (κ3) is 6.24. The van der Waals surface area contributed by atoms with Crippen molar-refractivity contribution in [2.24, 2.45) is 0 Å². The molecule has 0 N–H and O–H groups in total. The van der Waals surface area contributed by atoms with Crippen molar-refractivity contribution in [3.05, 3.63) is 182 Å². The van der Waals surface area contributed by atoms with Crippen LogP contribution in [-0.4, -0.2) is 20.2 Å². The molecule has 7 aromatic carbocycles. The minimum absolute atomic E-state index is 0.427. The van der Waals surface area contributed by atoms with Crippen LogP contribution in [-0.2, 0) is 0 Å². The van der Waals surface area contributed by atoms with Crippen LogP contribution < -0.4 is 0 Å². The minimum atomic E-state index is 0.427. The van der Waals surface area contributed by atoms with Gasteiger partial charge in [-0.2, -0.15) is 5.26 Å². The van der Waals surface area contributed by atoms with E-state index in [2.05, 4.69) is 83.0 Å². The van der Waals surface area contributed by atoms with Crippen LogP contribution in [0.25, 0.3) is 89.7 Å². The minimum Gasteiger partial charge on any atom is -0.416 e. The van der Waals surface area contributed by atoms with E-state index >= 15 is 0 Å². The van der Waals surface area contributed by atoms with Gasteiger partial charge in [0.2, 0.25) is 11.8 Å². The molecule has 0 radical (unpaired) electrons. The van der Waals surface area contributed by atoms with Gasteiger partial charge in [-0.15, -0.1) is 10.2 Å². The summed E-state index contributed by atoms with van der Waals surface area (Å²) < 4.78 is 6.40. The summed E-state index contributed by atoms with van der Waals surface area (Å²) in [7, 11) is 0. The van der Waals surface area contributed by atoms with Crippen molar-refractivity contribution >= 4 is 10.8 Å². The molecule has 6 nitrogen and oxygen atoms in total. The zero-order valence-corrected chi connectivity index (χ0v) is 28.4. The fourth-order valence-electron chi connectivity index (χ4n) is 6.65. The van der Waals surface area contributed by atoms with Crippen LogP contribution in [0, 0.1) is 11.3 Å². The molecule has 53 heavy (non-hydrogen) atoms. The van der Waals surface area contributed by atoms with Crippen LogP contribution in [0.4, 0.5) is 0 Å². The van der Waals surface area contributed by atoms with Crippen LogP contribution in [0.1, 0.15) is 5.56 Å². The highest BCUT2D eigenvalue weighted by Crippen LogP contribution is 2.39. The normalized spacial score (nSPS) is 11.0. The van der Waals surface area contributed by atoms with Crippen molar-refractivity contribution in [1.82, 2.24) is 20.2 Å². The maximum Gasteiger partial charge on any atom is 0.248 e. The average Bonchev–Trinajstić information content (AvgIpc) is 3.74. The van der Waals surface area contributed by atoms with Crippen LogP contribution in [0.15, 0.2) is 180 Å². The van der Waals surface area contributed by atoms with E-state index in [9.17, 15) is 5.26 Å². The maximum absolute atomic E-state index is 9.33. The topological polar surface area (TPSA) is 88.5 Å². The third-order valence-electron chi connectivity index (χ3n) is 9.37. The summed E-state index contributed by atoms with van der Waals surface area (Å²) in [5.74, 6) is 1.51. The Morgan fingerprint density at radius 1 is 0.453 bits per heavy atom. The number of hydrogen-bond acceptors (Lipinski definition) is 6. The first-order valence-corrected chi connectivity index (χ1v) is 17.3. The van der Waals surface area contributed by atoms with E-state index in [1.54, 1.807) is 0 Å². The van der Waals surface area contributed by atoms with Gasteiger partial charge in [-0.05, 0) is 81.1 Å². The van der Waals surface area contributed by atoms with E-state index in [4.69, 9.17) is 14.4 Å². The van der Waals surface area contributed by atoms with Gasteiger partial charge >= 0.3 is 0 Å². The van der Waals surface area contributed by atoms with Gasteiger partial charge in [0.25, 0.3) is 0 Å². The van der Waals surface area contributed by atoms with E-state index in [1.165, 1.54) is 0 Å². The predicted octanol–water partition coefficient (Wildman–Crippen LogP) is 11.6. The standard InChI is InChI=1S/C47H29N5O/c48-29-31-18-20-34(21-19-31)37-15-9-16-39(26-37)44-43(30-49-45(50-44)35-12-5-2-6-13-35)40-27-38-14-7-8-17-41(38)42(28-40)47-52-51-46(53-47)36-24-22-33(23-25-36)32-10-3-1-4-11-32/h1-28,30H. The molecule has 0 atom stereocenters. The highest BCUT2D eigenvalue weighted by atomic mass is 16.4. The molecule has 9 aromatic rings. The number of rotatable bonds is 7. The maximum atomic E-state index is 9.33. The summed E-state index contributed by atoms with van der Waals surface area (Å²) in [6.45, 7) is 0. The Bertz CT molecular complexity index is 2770. The molecular weight excluding hydrogens is 651 g/mol. The third-order valence-corrected chi connectivity index (χ3v) is 9.37. The Morgan fingerprint density at radius 3 is 1.83 bits per heavy atom. The molecule has 248 valence electrons. The Kier molecular flexibility index (Phi) is 8.12. The lowest BCUT2D eigenvalue weighted by Crippen LogP contribution is -1.97. The largest absolute Gasteiger partial charge is 0.416 e. The number of fused-ring (bicyclic) bond motifs is 1. The van der Waals surface area contributed by atoms with Crippen molar-refractivity contribution < 1.29 is 4.42 Å². The Hall–Kier alpha value is -7.49. The van der Waals surface area contributed by atoms with Gasteiger partial charge in [0, 0.05) is 34.0 Å². The Morgan fingerprint density at radius 2 is 1.06 bits per heavy atom. The van der Waals surface area contributed by atoms with Gasteiger partial charge in [0.05, 0.1) is 17.3 Å². The number of nitrogens with zero attached hydrogens (tertiary/aromatic N) is 5. The van der Waals surface area contributed by atoms with Gasteiger partial charge in [-0.1, -0.05) is 127 Å². The second-order valence-electron chi connectivity index (χ2n) is 12.7. The fourth-order valence-corrected chi connectivity index (χ4v) is 6.65. The second-order valence-corrected chi connectivity index (χ2v) is 12.7. The Balaban J connectivity index is 1.16. The van der Waals surface area contributed by atoms with Crippen molar-refractivity contribution in [3.8, 4) is 85.0 Å². The molecule has 0 spiro atoms. The lowest BCUT2D eigenvalue weighted by atomic mass is 9.93. The zero-order valence-electron chi connectivity index (χ0n) is 28.4. The summed E-state index contributed by atoms with van der Waals surface area (Å²) in [5.41, 5.74) is 11.0. The molecule has 0 aliphatic rings. The van der Waals surface area contributed by atoms with Crippen molar-refractivity contribution in [3.63, 3.8) is 0 Å². The van der Waals surface area contributed by atoms with E-state index in [1.807, 2.05) is 109 Å². The molecule has 0 aliphatic heterocycles. The van der Waals surface area contributed by atoms with Crippen LogP contribution >= 0.6 is 0 Å². The van der Waals surface area contributed by atoms with Crippen LogP contribution in [0.5, 0.6) is 0 Å².